The summed E-state index contributed by atoms with van der Waals surface area (Å²) < 4.78 is 0. The molecule has 4 heteroatoms. The SMILES string of the molecule is OC(c1cccc(Cl)c1)c1cc(Cl)cc(Cl)c1. The summed E-state index contributed by atoms with van der Waals surface area (Å²) in [5, 5.41) is 11.8. The average Bonchev–Trinajstić information content (AvgIpc) is 2.26. The molecule has 2 aromatic rings. The minimum Gasteiger partial charge on any atom is -0.384 e. The fourth-order valence-corrected chi connectivity index (χ4v) is 2.34. The summed E-state index contributed by atoms with van der Waals surface area (Å²) >= 11 is 17.7. The first-order valence-corrected chi connectivity index (χ1v) is 6.09. The molecule has 0 radical (unpaired) electrons. The van der Waals surface area contributed by atoms with Crippen molar-refractivity contribution in [1.29, 1.82) is 0 Å². The molecule has 88 valence electrons. The molecule has 2 aromatic carbocycles. The predicted octanol–water partition coefficient (Wildman–Crippen LogP) is 4.73. The zero-order valence-corrected chi connectivity index (χ0v) is 11.0. The van der Waals surface area contributed by atoms with E-state index in [1.165, 1.54) is 0 Å². The van der Waals surface area contributed by atoms with Gasteiger partial charge in [-0.2, -0.15) is 0 Å². The van der Waals surface area contributed by atoms with Gasteiger partial charge in [-0.15, -0.1) is 0 Å². The highest BCUT2D eigenvalue weighted by molar-refractivity contribution is 6.34. The molecule has 0 aliphatic carbocycles. The molecule has 0 saturated heterocycles. The van der Waals surface area contributed by atoms with Crippen molar-refractivity contribution in [3.05, 3.63) is 68.7 Å². The van der Waals surface area contributed by atoms with E-state index in [0.29, 0.717) is 26.2 Å². The van der Waals surface area contributed by atoms with Crippen molar-refractivity contribution in [3.8, 4) is 0 Å². The van der Waals surface area contributed by atoms with Crippen molar-refractivity contribution in [2.45, 2.75) is 6.10 Å². The van der Waals surface area contributed by atoms with Crippen LogP contribution in [-0.2, 0) is 0 Å². The van der Waals surface area contributed by atoms with Crippen molar-refractivity contribution in [2.75, 3.05) is 0 Å². The Morgan fingerprint density at radius 3 is 1.94 bits per heavy atom. The molecule has 0 aliphatic heterocycles. The van der Waals surface area contributed by atoms with Crippen molar-refractivity contribution >= 4 is 34.8 Å². The molecule has 0 saturated carbocycles. The molecule has 0 fully saturated rings. The van der Waals surface area contributed by atoms with E-state index >= 15 is 0 Å². The Labute approximate surface area is 115 Å². The third kappa shape index (κ3) is 3.14. The van der Waals surface area contributed by atoms with E-state index in [9.17, 15) is 5.11 Å². The van der Waals surface area contributed by atoms with Gasteiger partial charge in [0.1, 0.15) is 6.10 Å². The Balaban J connectivity index is 2.39. The van der Waals surface area contributed by atoms with Crippen molar-refractivity contribution in [1.82, 2.24) is 0 Å². The van der Waals surface area contributed by atoms with E-state index in [1.807, 2.05) is 0 Å². The van der Waals surface area contributed by atoms with Crippen LogP contribution in [-0.4, -0.2) is 5.11 Å². The van der Waals surface area contributed by atoms with Crippen LogP contribution in [0.25, 0.3) is 0 Å². The second-order valence-corrected chi connectivity index (χ2v) is 4.97. The van der Waals surface area contributed by atoms with E-state index in [-0.39, 0.29) is 0 Å². The molecule has 0 amide bonds. The summed E-state index contributed by atoms with van der Waals surface area (Å²) in [6, 6.07) is 12.0. The molecule has 0 aliphatic rings. The standard InChI is InChI=1S/C13H9Cl3O/c14-10-3-1-2-8(4-10)13(17)9-5-11(15)7-12(16)6-9/h1-7,13,17H. The molecular weight excluding hydrogens is 279 g/mol. The van der Waals surface area contributed by atoms with Crippen LogP contribution in [0.1, 0.15) is 17.2 Å². The Kier molecular flexibility index (Phi) is 3.95. The maximum Gasteiger partial charge on any atom is 0.104 e. The molecule has 0 spiro atoms. The molecule has 0 aromatic heterocycles. The molecule has 1 N–H and O–H groups in total. The van der Waals surface area contributed by atoms with E-state index < -0.39 is 6.10 Å². The smallest absolute Gasteiger partial charge is 0.104 e. The van der Waals surface area contributed by atoms with Gasteiger partial charge in [0.25, 0.3) is 0 Å². The summed E-state index contributed by atoms with van der Waals surface area (Å²) in [6.07, 6.45) is -0.787. The first-order valence-electron chi connectivity index (χ1n) is 4.96. The molecule has 1 unspecified atom stereocenters. The Hall–Kier alpha value is -0.730. The van der Waals surface area contributed by atoms with Crippen molar-refractivity contribution in [3.63, 3.8) is 0 Å². The lowest BCUT2D eigenvalue weighted by atomic mass is 10.0. The quantitative estimate of drug-likeness (QED) is 0.846. The lowest BCUT2D eigenvalue weighted by molar-refractivity contribution is 0.220. The molecule has 1 nitrogen and oxygen atoms in total. The zero-order chi connectivity index (χ0) is 12.4. The number of aliphatic hydroxyl groups excluding tert-OH is 1. The highest BCUT2D eigenvalue weighted by Crippen LogP contribution is 2.28. The van der Waals surface area contributed by atoms with Gasteiger partial charge in [0.15, 0.2) is 0 Å². The molecule has 0 bridgehead atoms. The molecule has 17 heavy (non-hydrogen) atoms. The number of hydrogen-bond acceptors (Lipinski definition) is 1. The van der Waals surface area contributed by atoms with Gasteiger partial charge >= 0.3 is 0 Å². The number of hydrogen-bond donors (Lipinski definition) is 1. The second kappa shape index (κ2) is 5.28. The maximum absolute atomic E-state index is 10.2. The van der Waals surface area contributed by atoms with E-state index in [4.69, 9.17) is 34.8 Å². The van der Waals surface area contributed by atoms with Gasteiger partial charge in [-0.1, -0.05) is 46.9 Å². The first kappa shape index (κ1) is 12.7. The maximum atomic E-state index is 10.2. The summed E-state index contributed by atoms with van der Waals surface area (Å²) in [6.45, 7) is 0. The summed E-state index contributed by atoms with van der Waals surface area (Å²) in [4.78, 5) is 0. The predicted molar refractivity (Wildman–Crippen MR) is 72.0 cm³/mol. The second-order valence-electron chi connectivity index (χ2n) is 3.66. The number of rotatable bonds is 2. The van der Waals surface area contributed by atoms with Crippen LogP contribution in [0.2, 0.25) is 15.1 Å². The lowest BCUT2D eigenvalue weighted by Crippen LogP contribution is -1.99. The Morgan fingerprint density at radius 1 is 0.765 bits per heavy atom. The van der Waals surface area contributed by atoms with E-state index in [2.05, 4.69) is 0 Å². The Morgan fingerprint density at radius 2 is 1.35 bits per heavy atom. The van der Waals surface area contributed by atoms with Crippen LogP contribution in [0.3, 0.4) is 0 Å². The number of halogens is 3. The summed E-state index contributed by atoms with van der Waals surface area (Å²) in [7, 11) is 0. The van der Waals surface area contributed by atoms with Gasteiger partial charge in [-0.05, 0) is 41.5 Å². The topological polar surface area (TPSA) is 20.2 Å². The van der Waals surface area contributed by atoms with Crippen LogP contribution in [0, 0.1) is 0 Å². The normalized spacial score (nSPS) is 12.5. The van der Waals surface area contributed by atoms with E-state index in [1.54, 1.807) is 42.5 Å². The van der Waals surface area contributed by atoms with Gasteiger partial charge in [0, 0.05) is 15.1 Å². The highest BCUT2D eigenvalue weighted by atomic mass is 35.5. The van der Waals surface area contributed by atoms with Crippen LogP contribution >= 0.6 is 34.8 Å². The molecular formula is C13H9Cl3O. The molecule has 1 atom stereocenters. The van der Waals surface area contributed by atoms with Crippen LogP contribution in [0.15, 0.2) is 42.5 Å². The monoisotopic (exact) mass is 286 g/mol. The van der Waals surface area contributed by atoms with Crippen molar-refractivity contribution < 1.29 is 5.11 Å². The van der Waals surface area contributed by atoms with Crippen LogP contribution in [0.5, 0.6) is 0 Å². The number of aliphatic hydroxyl groups is 1. The molecule has 2 rings (SSSR count). The first-order chi connectivity index (χ1) is 8.06. The average molecular weight is 288 g/mol. The summed E-state index contributed by atoms with van der Waals surface area (Å²) in [5.74, 6) is 0. The third-order valence-corrected chi connectivity index (χ3v) is 3.04. The van der Waals surface area contributed by atoms with E-state index in [0.717, 1.165) is 0 Å². The fraction of sp³-hybridized carbons (Fsp3) is 0.0769. The molecule has 0 heterocycles. The van der Waals surface area contributed by atoms with Crippen LogP contribution < -0.4 is 0 Å². The lowest BCUT2D eigenvalue weighted by Gasteiger charge is -2.12. The minimum atomic E-state index is -0.787. The van der Waals surface area contributed by atoms with Gasteiger partial charge in [0.05, 0.1) is 0 Å². The van der Waals surface area contributed by atoms with Crippen molar-refractivity contribution in [2.24, 2.45) is 0 Å². The Bertz CT molecular complexity index is 520. The van der Waals surface area contributed by atoms with Gasteiger partial charge in [0.2, 0.25) is 0 Å². The van der Waals surface area contributed by atoms with Gasteiger partial charge in [-0.3, -0.25) is 0 Å². The largest absolute Gasteiger partial charge is 0.384 e. The third-order valence-electron chi connectivity index (χ3n) is 2.37. The highest BCUT2D eigenvalue weighted by Gasteiger charge is 2.12. The fourth-order valence-electron chi connectivity index (χ4n) is 1.60. The zero-order valence-electron chi connectivity index (χ0n) is 8.70. The summed E-state index contributed by atoms with van der Waals surface area (Å²) in [5.41, 5.74) is 1.35. The minimum absolute atomic E-state index is 0.494. The van der Waals surface area contributed by atoms with Gasteiger partial charge in [-0.25, -0.2) is 0 Å². The van der Waals surface area contributed by atoms with Crippen LogP contribution in [0.4, 0.5) is 0 Å². The van der Waals surface area contributed by atoms with Gasteiger partial charge < -0.3 is 5.11 Å². The number of benzene rings is 2.